The molecule has 14 heavy (non-hydrogen) atoms. The summed E-state index contributed by atoms with van der Waals surface area (Å²) in [5, 5.41) is 8.85. The molecule has 0 aliphatic heterocycles. The first-order chi connectivity index (χ1) is 6.50. The summed E-state index contributed by atoms with van der Waals surface area (Å²) in [4.78, 5) is 10.7. The highest BCUT2D eigenvalue weighted by Gasteiger charge is 2.31. The summed E-state index contributed by atoms with van der Waals surface area (Å²) in [5.74, 6) is 1.76. The van der Waals surface area contributed by atoms with Gasteiger partial charge in [0.2, 0.25) is 0 Å². The average molecular weight is 198 g/mol. The van der Waals surface area contributed by atoms with E-state index in [4.69, 9.17) is 5.11 Å². The molecular formula is C12H22O2. The third-order valence-electron chi connectivity index (χ3n) is 3.60. The third kappa shape index (κ3) is 3.00. The lowest BCUT2D eigenvalue weighted by atomic mass is 9.69. The van der Waals surface area contributed by atoms with Crippen LogP contribution in [0.25, 0.3) is 0 Å². The Balaban J connectivity index is 2.58. The Morgan fingerprint density at radius 3 is 2.57 bits per heavy atom. The van der Waals surface area contributed by atoms with E-state index in [1.807, 2.05) is 0 Å². The maximum atomic E-state index is 10.7. The van der Waals surface area contributed by atoms with Crippen LogP contribution in [0.1, 0.15) is 46.5 Å². The number of hydrogen-bond acceptors (Lipinski definition) is 1. The van der Waals surface area contributed by atoms with E-state index in [0.29, 0.717) is 30.1 Å². The molecular weight excluding hydrogens is 176 g/mol. The van der Waals surface area contributed by atoms with Gasteiger partial charge < -0.3 is 5.11 Å². The van der Waals surface area contributed by atoms with Crippen LogP contribution in [0.2, 0.25) is 0 Å². The van der Waals surface area contributed by atoms with Gasteiger partial charge in [0.1, 0.15) is 0 Å². The number of carbonyl (C=O) groups is 1. The van der Waals surface area contributed by atoms with Crippen molar-refractivity contribution in [3.8, 4) is 0 Å². The topological polar surface area (TPSA) is 37.3 Å². The minimum Gasteiger partial charge on any atom is -0.481 e. The molecule has 1 rings (SSSR count). The van der Waals surface area contributed by atoms with Crippen molar-refractivity contribution in [3.63, 3.8) is 0 Å². The molecule has 0 amide bonds. The molecule has 1 aliphatic carbocycles. The van der Waals surface area contributed by atoms with E-state index in [2.05, 4.69) is 20.8 Å². The summed E-state index contributed by atoms with van der Waals surface area (Å²) < 4.78 is 0. The molecule has 2 unspecified atom stereocenters. The lowest BCUT2D eigenvalue weighted by molar-refractivity contribution is -0.139. The van der Waals surface area contributed by atoms with Crippen LogP contribution < -0.4 is 0 Å². The van der Waals surface area contributed by atoms with E-state index in [9.17, 15) is 4.79 Å². The summed E-state index contributed by atoms with van der Waals surface area (Å²) in [6.45, 7) is 6.68. The van der Waals surface area contributed by atoms with Crippen molar-refractivity contribution >= 4 is 5.97 Å². The van der Waals surface area contributed by atoms with E-state index in [1.54, 1.807) is 0 Å². The lowest BCUT2D eigenvalue weighted by Crippen LogP contribution is -2.29. The second kappa shape index (κ2) is 4.81. The van der Waals surface area contributed by atoms with Crippen LogP contribution in [0.4, 0.5) is 0 Å². The maximum Gasteiger partial charge on any atom is 0.303 e. The molecule has 1 saturated carbocycles. The third-order valence-corrected chi connectivity index (χ3v) is 3.60. The number of carboxylic acid groups (broad SMARTS) is 1. The Morgan fingerprint density at radius 2 is 2.07 bits per heavy atom. The second-order valence-electron chi connectivity index (χ2n) is 5.18. The van der Waals surface area contributed by atoms with Gasteiger partial charge in [0, 0.05) is 6.42 Å². The number of hydrogen-bond donors (Lipinski definition) is 1. The maximum absolute atomic E-state index is 10.7. The fraction of sp³-hybridized carbons (Fsp3) is 0.917. The average Bonchev–Trinajstić information content (AvgIpc) is 2.01. The fourth-order valence-corrected chi connectivity index (χ4v) is 2.86. The Kier molecular flexibility index (Phi) is 3.97. The van der Waals surface area contributed by atoms with Gasteiger partial charge in [-0.25, -0.2) is 0 Å². The Morgan fingerprint density at radius 1 is 1.43 bits per heavy atom. The molecule has 0 bridgehead atoms. The first-order valence-corrected chi connectivity index (χ1v) is 5.72. The van der Waals surface area contributed by atoms with Gasteiger partial charge in [-0.15, -0.1) is 0 Å². The molecule has 3 atom stereocenters. The van der Waals surface area contributed by atoms with Gasteiger partial charge in [0.15, 0.2) is 0 Å². The van der Waals surface area contributed by atoms with E-state index in [-0.39, 0.29) is 0 Å². The number of aliphatic carboxylic acids is 1. The largest absolute Gasteiger partial charge is 0.481 e. The van der Waals surface area contributed by atoms with E-state index in [1.165, 1.54) is 12.8 Å². The highest BCUT2D eigenvalue weighted by Crippen LogP contribution is 2.39. The standard InChI is InChI=1S/C12H22O2/c1-8(2)11-5-4-9(3)6-10(11)7-12(13)14/h8-11H,4-7H2,1-3H3,(H,13,14)/t9-,10?,11?/m0/s1. The molecule has 2 heteroatoms. The van der Waals surface area contributed by atoms with Crippen molar-refractivity contribution in [1.82, 2.24) is 0 Å². The van der Waals surface area contributed by atoms with Crippen molar-refractivity contribution in [2.75, 3.05) is 0 Å². The second-order valence-corrected chi connectivity index (χ2v) is 5.18. The van der Waals surface area contributed by atoms with Gasteiger partial charge in [-0.05, 0) is 36.5 Å². The van der Waals surface area contributed by atoms with Crippen molar-refractivity contribution in [3.05, 3.63) is 0 Å². The van der Waals surface area contributed by atoms with Crippen molar-refractivity contribution < 1.29 is 9.90 Å². The summed E-state index contributed by atoms with van der Waals surface area (Å²) in [5.41, 5.74) is 0. The SMILES string of the molecule is CC(C)C1CC[C@H](C)CC1CC(=O)O. The molecule has 0 saturated heterocycles. The van der Waals surface area contributed by atoms with Crippen LogP contribution >= 0.6 is 0 Å². The number of carboxylic acids is 1. The van der Waals surface area contributed by atoms with Crippen LogP contribution in [0.15, 0.2) is 0 Å². The van der Waals surface area contributed by atoms with Crippen molar-refractivity contribution in [2.24, 2.45) is 23.7 Å². The van der Waals surface area contributed by atoms with Crippen LogP contribution in [0.5, 0.6) is 0 Å². The fourth-order valence-electron chi connectivity index (χ4n) is 2.86. The zero-order chi connectivity index (χ0) is 10.7. The summed E-state index contributed by atoms with van der Waals surface area (Å²) >= 11 is 0. The van der Waals surface area contributed by atoms with Gasteiger partial charge in [0.05, 0.1) is 0 Å². The Hall–Kier alpha value is -0.530. The molecule has 0 spiro atoms. The molecule has 1 aliphatic rings. The normalized spacial score (nSPS) is 33.3. The first-order valence-electron chi connectivity index (χ1n) is 5.72. The highest BCUT2D eigenvalue weighted by atomic mass is 16.4. The molecule has 0 aromatic rings. The van der Waals surface area contributed by atoms with Gasteiger partial charge in [0.25, 0.3) is 0 Å². The minimum absolute atomic E-state index is 0.368. The summed E-state index contributed by atoms with van der Waals surface area (Å²) in [6, 6.07) is 0. The van der Waals surface area contributed by atoms with Crippen LogP contribution in [-0.4, -0.2) is 11.1 Å². The molecule has 1 N–H and O–H groups in total. The predicted octanol–water partition coefficient (Wildman–Crippen LogP) is 3.17. The first kappa shape index (κ1) is 11.5. The molecule has 0 heterocycles. The Bertz CT molecular complexity index is 198. The predicted molar refractivity (Wildman–Crippen MR) is 57.1 cm³/mol. The summed E-state index contributed by atoms with van der Waals surface area (Å²) in [6.07, 6.45) is 3.97. The van der Waals surface area contributed by atoms with Crippen LogP contribution in [0.3, 0.4) is 0 Å². The van der Waals surface area contributed by atoms with Crippen molar-refractivity contribution in [2.45, 2.75) is 46.5 Å². The van der Waals surface area contributed by atoms with Crippen LogP contribution in [0, 0.1) is 23.7 Å². The molecule has 0 radical (unpaired) electrons. The summed E-state index contributed by atoms with van der Waals surface area (Å²) in [7, 11) is 0. The highest BCUT2D eigenvalue weighted by molar-refractivity contribution is 5.67. The molecule has 0 aromatic carbocycles. The minimum atomic E-state index is -0.630. The smallest absolute Gasteiger partial charge is 0.303 e. The van der Waals surface area contributed by atoms with Gasteiger partial charge in [-0.3, -0.25) is 4.79 Å². The van der Waals surface area contributed by atoms with E-state index in [0.717, 1.165) is 6.42 Å². The quantitative estimate of drug-likeness (QED) is 0.756. The molecule has 82 valence electrons. The van der Waals surface area contributed by atoms with Gasteiger partial charge in [-0.2, -0.15) is 0 Å². The van der Waals surface area contributed by atoms with E-state index >= 15 is 0 Å². The lowest BCUT2D eigenvalue weighted by Gasteiger charge is -2.36. The molecule has 2 nitrogen and oxygen atoms in total. The Labute approximate surface area is 86.7 Å². The monoisotopic (exact) mass is 198 g/mol. The zero-order valence-electron chi connectivity index (χ0n) is 9.49. The molecule has 1 fully saturated rings. The zero-order valence-corrected chi connectivity index (χ0v) is 9.49. The molecule has 0 aromatic heterocycles. The van der Waals surface area contributed by atoms with Gasteiger partial charge >= 0.3 is 5.97 Å². The van der Waals surface area contributed by atoms with Crippen LogP contribution in [-0.2, 0) is 4.79 Å². The van der Waals surface area contributed by atoms with Gasteiger partial charge in [-0.1, -0.05) is 27.2 Å². The van der Waals surface area contributed by atoms with E-state index < -0.39 is 5.97 Å². The van der Waals surface area contributed by atoms with Crippen molar-refractivity contribution in [1.29, 1.82) is 0 Å². The number of rotatable bonds is 3.